The van der Waals surface area contributed by atoms with Crippen LogP contribution in [-0.4, -0.2) is 48.6 Å². The molecule has 0 spiro atoms. The van der Waals surface area contributed by atoms with E-state index in [1.807, 2.05) is 0 Å². The molecule has 0 saturated heterocycles. The third kappa shape index (κ3) is 15.9. The second-order valence-corrected chi connectivity index (χ2v) is 7.56. The zero-order valence-electron chi connectivity index (χ0n) is 18.0. The number of aliphatic hydroxyl groups excluding tert-OH is 2. The number of hydrogen-bond donors (Lipinski definition) is 2. The smallest absolute Gasteiger partial charge is 0.305 e. The summed E-state index contributed by atoms with van der Waals surface area (Å²) >= 11 is 0. The Morgan fingerprint density at radius 2 is 1.07 bits per heavy atom. The number of aliphatic hydroxyl groups is 2. The minimum absolute atomic E-state index is 0.205. The molecule has 0 bridgehead atoms. The first-order chi connectivity index (χ1) is 13.6. The highest BCUT2D eigenvalue weighted by Crippen LogP contribution is 2.15. The van der Waals surface area contributed by atoms with Gasteiger partial charge in [-0.1, -0.05) is 39.5 Å². The van der Waals surface area contributed by atoms with Gasteiger partial charge in [0.1, 0.15) is 0 Å². The van der Waals surface area contributed by atoms with Gasteiger partial charge in [0.15, 0.2) is 0 Å². The molecule has 6 heteroatoms. The van der Waals surface area contributed by atoms with Crippen LogP contribution in [0.25, 0.3) is 0 Å². The Morgan fingerprint density at radius 3 is 1.39 bits per heavy atom. The van der Waals surface area contributed by atoms with Crippen molar-refractivity contribution in [1.82, 2.24) is 0 Å². The lowest BCUT2D eigenvalue weighted by Crippen LogP contribution is -2.15. The van der Waals surface area contributed by atoms with E-state index in [2.05, 4.69) is 13.8 Å². The van der Waals surface area contributed by atoms with Crippen LogP contribution in [0.4, 0.5) is 0 Å². The van der Waals surface area contributed by atoms with Crippen LogP contribution in [0.3, 0.4) is 0 Å². The second-order valence-electron chi connectivity index (χ2n) is 7.56. The number of esters is 2. The summed E-state index contributed by atoms with van der Waals surface area (Å²) in [6.07, 6.45) is 9.27. The molecule has 0 aromatic heterocycles. The zero-order chi connectivity index (χ0) is 21.0. The fourth-order valence-electron chi connectivity index (χ4n) is 3.00. The number of unbranched alkanes of at least 4 members (excludes halogenated alkanes) is 3. The molecule has 0 saturated carbocycles. The van der Waals surface area contributed by atoms with Crippen LogP contribution < -0.4 is 0 Å². The number of carbonyl (C=O) groups excluding carboxylic acids is 2. The molecule has 0 amide bonds. The molecular weight excluding hydrogens is 360 g/mol. The van der Waals surface area contributed by atoms with Gasteiger partial charge in [0.05, 0.1) is 13.2 Å². The maximum Gasteiger partial charge on any atom is 0.305 e. The van der Waals surface area contributed by atoms with Crippen molar-refractivity contribution < 1.29 is 29.3 Å². The van der Waals surface area contributed by atoms with Crippen LogP contribution in [0.2, 0.25) is 0 Å². The molecule has 0 fully saturated rings. The topological polar surface area (TPSA) is 93.1 Å². The van der Waals surface area contributed by atoms with Gasteiger partial charge in [0.25, 0.3) is 0 Å². The van der Waals surface area contributed by atoms with E-state index >= 15 is 0 Å². The van der Waals surface area contributed by atoms with Gasteiger partial charge in [-0.25, -0.2) is 0 Å². The zero-order valence-corrected chi connectivity index (χ0v) is 18.0. The normalized spacial score (nSPS) is 13.1. The van der Waals surface area contributed by atoms with Crippen molar-refractivity contribution in [2.45, 2.75) is 90.9 Å². The second kappa shape index (κ2) is 19.2. The maximum atomic E-state index is 11.8. The van der Waals surface area contributed by atoms with Crippen molar-refractivity contribution in [3.05, 3.63) is 0 Å². The largest absolute Gasteiger partial charge is 0.465 e. The fourth-order valence-corrected chi connectivity index (χ4v) is 3.00. The summed E-state index contributed by atoms with van der Waals surface area (Å²) < 4.78 is 10.7. The molecule has 0 radical (unpaired) electrons. The summed E-state index contributed by atoms with van der Waals surface area (Å²) in [4.78, 5) is 23.6. The van der Waals surface area contributed by atoms with Gasteiger partial charge in [-0.15, -0.1) is 0 Å². The van der Waals surface area contributed by atoms with Gasteiger partial charge in [0.2, 0.25) is 0 Å². The minimum Gasteiger partial charge on any atom is -0.465 e. The van der Waals surface area contributed by atoms with Crippen LogP contribution in [-0.2, 0) is 19.1 Å². The summed E-state index contributed by atoms with van der Waals surface area (Å²) in [6, 6.07) is 0. The van der Waals surface area contributed by atoms with Crippen molar-refractivity contribution in [3.8, 4) is 0 Å². The van der Waals surface area contributed by atoms with Crippen LogP contribution in [0, 0.1) is 11.8 Å². The van der Waals surface area contributed by atoms with Gasteiger partial charge < -0.3 is 19.7 Å². The van der Waals surface area contributed by atoms with E-state index in [0.717, 1.165) is 51.4 Å². The molecule has 2 atom stereocenters. The van der Waals surface area contributed by atoms with Gasteiger partial charge in [-0.05, 0) is 50.4 Å². The Kier molecular flexibility index (Phi) is 18.4. The highest BCUT2D eigenvalue weighted by Gasteiger charge is 2.12. The van der Waals surface area contributed by atoms with Gasteiger partial charge in [-0.2, -0.15) is 0 Å². The highest BCUT2D eigenvalue weighted by atomic mass is 16.5. The van der Waals surface area contributed by atoms with Gasteiger partial charge in [-0.3, -0.25) is 9.59 Å². The molecule has 28 heavy (non-hydrogen) atoms. The molecule has 0 rings (SSSR count). The van der Waals surface area contributed by atoms with E-state index in [0.29, 0.717) is 50.7 Å². The van der Waals surface area contributed by atoms with E-state index in [1.54, 1.807) is 0 Å². The number of rotatable bonds is 19. The van der Waals surface area contributed by atoms with E-state index in [9.17, 15) is 9.59 Å². The predicted molar refractivity (Wildman–Crippen MR) is 110 cm³/mol. The Hall–Kier alpha value is -1.14. The van der Waals surface area contributed by atoms with Crippen molar-refractivity contribution in [2.75, 3.05) is 26.4 Å². The molecule has 2 N–H and O–H groups in total. The fraction of sp³-hybridized carbons (Fsp3) is 0.909. The predicted octanol–water partition coefficient (Wildman–Crippen LogP) is 4.01. The number of carbonyl (C=O) groups is 2. The summed E-state index contributed by atoms with van der Waals surface area (Å²) in [5, 5.41) is 17.6. The molecule has 0 aliphatic carbocycles. The first-order valence-electron chi connectivity index (χ1n) is 11.1. The highest BCUT2D eigenvalue weighted by molar-refractivity contribution is 5.70. The third-order valence-electron chi connectivity index (χ3n) is 5.17. The average molecular weight is 403 g/mol. The SMILES string of the molecule is CCC(CCCCO)COC(=O)CCCCC(=O)OCC(CC)CCCCO. The number of hydrogen-bond acceptors (Lipinski definition) is 6. The maximum absolute atomic E-state index is 11.8. The Morgan fingerprint density at radius 1 is 0.679 bits per heavy atom. The Labute approximate surface area is 171 Å². The van der Waals surface area contributed by atoms with Gasteiger partial charge >= 0.3 is 11.9 Å². The number of ether oxygens (including phenoxy) is 2. The lowest BCUT2D eigenvalue weighted by atomic mass is 10.0. The lowest BCUT2D eigenvalue weighted by molar-refractivity contribution is -0.147. The molecule has 0 heterocycles. The monoisotopic (exact) mass is 402 g/mol. The average Bonchev–Trinajstić information content (AvgIpc) is 2.70. The molecule has 6 nitrogen and oxygen atoms in total. The van der Waals surface area contributed by atoms with Crippen LogP contribution in [0.1, 0.15) is 90.9 Å². The third-order valence-corrected chi connectivity index (χ3v) is 5.17. The van der Waals surface area contributed by atoms with E-state index < -0.39 is 0 Å². The molecule has 0 aromatic rings. The van der Waals surface area contributed by atoms with E-state index in [1.165, 1.54) is 0 Å². The van der Waals surface area contributed by atoms with Crippen LogP contribution in [0.5, 0.6) is 0 Å². The molecular formula is C22H42O6. The Bertz CT molecular complexity index is 349. The van der Waals surface area contributed by atoms with Crippen LogP contribution in [0.15, 0.2) is 0 Å². The van der Waals surface area contributed by atoms with Crippen molar-refractivity contribution in [1.29, 1.82) is 0 Å². The minimum atomic E-state index is -0.205. The first-order valence-corrected chi connectivity index (χ1v) is 11.1. The summed E-state index contributed by atoms with van der Waals surface area (Å²) in [5.41, 5.74) is 0. The Balaban J connectivity index is 3.75. The van der Waals surface area contributed by atoms with Crippen molar-refractivity contribution in [3.63, 3.8) is 0 Å². The van der Waals surface area contributed by atoms with E-state index in [-0.39, 0.29) is 25.2 Å². The summed E-state index contributed by atoms with van der Waals surface area (Å²) in [7, 11) is 0. The molecule has 2 unspecified atom stereocenters. The summed E-state index contributed by atoms with van der Waals surface area (Å²) in [5.74, 6) is 0.302. The first kappa shape index (κ1) is 26.9. The molecule has 0 aliphatic heterocycles. The van der Waals surface area contributed by atoms with Crippen LogP contribution >= 0.6 is 0 Å². The molecule has 0 aliphatic rings. The van der Waals surface area contributed by atoms with Gasteiger partial charge in [0, 0.05) is 26.1 Å². The quantitative estimate of drug-likeness (QED) is 0.250. The van der Waals surface area contributed by atoms with Crippen molar-refractivity contribution in [2.24, 2.45) is 11.8 Å². The van der Waals surface area contributed by atoms with Crippen molar-refractivity contribution >= 4 is 11.9 Å². The standard InChI is InChI=1S/C22H42O6/c1-3-19(11-7-9-15-23)17-27-21(25)13-5-6-14-22(26)28-18-20(4-2)12-8-10-16-24/h19-20,23-24H,3-18H2,1-2H3. The molecule has 0 aromatic carbocycles. The summed E-state index contributed by atoms with van der Waals surface area (Å²) in [6.45, 7) is 5.47. The lowest BCUT2D eigenvalue weighted by Gasteiger charge is -2.15. The molecule has 166 valence electrons. The van der Waals surface area contributed by atoms with E-state index in [4.69, 9.17) is 19.7 Å².